The Morgan fingerprint density at radius 2 is 1.84 bits per heavy atom. The quantitative estimate of drug-likeness (QED) is 0.167. The topological polar surface area (TPSA) is 138 Å². The molecule has 1 aromatic heterocycles. The third-order valence-corrected chi connectivity index (χ3v) is 6.58. The molecule has 200 valence electrons. The number of aromatic nitrogens is 3. The van der Waals surface area contributed by atoms with Crippen molar-refractivity contribution < 1.29 is 19.6 Å². The van der Waals surface area contributed by atoms with E-state index in [1.807, 2.05) is 38.1 Å². The molecule has 4 N–H and O–H groups in total. The average Bonchev–Trinajstić information content (AvgIpc) is 3.50. The molecular formula is C28H34N6O4. The third-order valence-electron chi connectivity index (χ3n) is 6.58. The van der Waals surface area contributed by atoms with Crippen LogP contribution in [0.2, 0.25) is 0 Å². The number of hydrogen-bond acceptors (Lipinski definition) is 6. The monoisotopic (exact) mass is 518 g/mol. The average molecular weight is 519 g/mol. The molecule has 10 heteroatoms. The predicted octanol–water partition coefficient (Wildman–Crippen LogP) is 3.44. The van der Waals surface area contributed by atoms with Gasteiger partial charge < -0.3 is 10.6 Å². The molecule has 1 unspecified atom stereocenters. The molecule has 0 aliphatic heterocycles. The molecule has 0 spiro atoms. The first-order valence-corrected chi connectivity index (χ1v) is 12.9. The van der Waals surface area contributed by atoms with Gasteiger partial charge in [-0.3, -0.25) is 24.3 Å². The lowest BCUT2D eigenvalue weighted by Crippen LogP contribution is -2.34. The first kappa shape index (κ1) is 27.0. The van der Waals surface area contributed by atoms with E-state index < -0.39 is 11.8 Å². The number of amides is 3. The minimum Gasteiger partial charge on any atom is -0.350 e. The Bertz CT molecular complexity index is 1300. The minimum atomic E-state index is -0.595. The number of aryl methyl sites for hydroxylation is 1. The van der Waals surface area contributed by atoms with Crippen LogP contribution in [0.4, 0.5) is 5.69 Å². The van der Waals surface area contributed by atoms with Gasteiger partial charge in [-0.2, -0.15) is 0 Å². The van der Waals surface area contributed by atoms with Crippen LogP contribution in [0.15, 0.2) is 48.7 Å². The number of carbonyl (C=O) groups excluding carboxylic acids is 3. The van der Waals surface area contributed by atoms with Crippen LogP contribution in [0.5, 0.6) is 0 Å². The maximum absolute atomic E-state index is 12.6. The Balaban J connectivity index is 1.20. The van der Waals surface area contributed by atoms with Crippen LogP contribution in [-0.4, -0.2) is 37.9 Å². The number of nitrogens with one attached hydrogen (secondary N) is 3. The van der Waals surface area contributed by atoms with Crippen LogP contribution in [0.1, 0.15) is 56.4 Å². The van der Waals surface area contributed by atoms with Crippen LogP contribution < -0.4 is 16.1 Å². The minimum absolute atomic E-state index is 0.0591. The lowest BCUT2D eigenvalue weighted by atomic mass is 9.93. The molecule has 3 aromatic rings. The van der Waals surface area contributed by atoms with Gasteiger partial charge in [0, 0.05) is 31.0 Å². The summed E-state index contributed by atoms with van der Waals surface area (Å²) in [4.78, 5) is 36.6. The van der Waals surface area contributed by atoms with E-state index in [2.05, 4.69) is 39.1 Å². The molecule has 1 atom stereocenters. The number of anilines is 1. The first-order chi connectivity index (χ1) is 18.3. The second kappa shape index (κ2) is 12.5. The Morgan fingerprint density at radius 3 is 2.63 bits per heavy atom. The number of nitrogens with zero attached hydrogens (tertiary/aromatic N) is 3. The van der Waals surface area contributed by atoms with E-state index in [0.717, 1.165) is 12.1 Å². The number of rotatable bonds is 12. The molecule has 10 nitrogen and oxygen atoms in total. The summed E-state index contributed by atoms with van der Waals surface area (Å²) in [6.07, 6.45) is 3.97. The summed E-state index contributed by atoms with van der Waals surface area (Å²) in [6, 6.07) is 14.4. The van der Waals surface area contributed by atoms with Crippen LogP contribution >= 0.6 is 0 Å². The second-order valence-corrected chi connectivity index (χ2v) is 10.1. The van der Waals surface area contributed by atoms with Crippen LogP contribution in [0, 0.1) is 11.8 Å². The van der Waals surface area contributed by atoms with E-state index in [0.29, 0.717) is 31.5 Å². The smallest absolute Gasteiger partial charge is 0.244 e. The summed E-state index contributed by atoms with van der Waals surface area (Å²) in [5, 5.41) is 22.7. The van der Waals surface area contributed by atoms with E-state index in [-0.39, 0.29) is 30.7 Å². The number of carbonyl (C=O) groups is 3. The molecular weight excluding hydrogens is 484 g/mol. The molecule has 3 amide bonds. The Labute approximate surface area is 221 Å². The molecule has 1 aliphatic carbocycles. The summed E-state index contributed by atoms with van der Waals surface area (Å²) in [7, 11) is 0. The van der Waals surface area contributed by atoms with Crippen LogP contribution in [0.3, 0.4) is 0 Å². The fourth-order valence-electron chi connectivity index (χ4n) is 4.82. The normalized spacial score (nSPS) is 12.5. The summed E-state index contributed by atoms with van der Waals surface area (Å²) >= 11 is 0. The standard InChI is InChI=1S/C28H34N6O4/c1-18(2)12-21(15-27(36)32-38)28(37)29-16-23-17-34(33-31-23)11-5-8-26(35)30-22-9-10-25-20(14-22)13-19-6-3-4-7-24(19)25/h3-4,6-7,9-10,14,17-18,21,38H,5,8,11-13,15-16H2,1-2H3,(H,29,37)(H,30,35)(H,32,36). The summed E-state index contributed by atoms with van der Waals surface area (Å²) in [5.41, 5.74) is 7.97. The lowest BCUT2D eigenvalue weighted by molar-refractivity contribution is -0.135. The van der Waals surface area contributed by atoms with Gasteiger partial charge in [0.25, 0.3) is 0 Å². The van der Waals surface area contributed by atoms with Crippen LogP contribution in [0.25, 0.3) is 11.1 Å². The van der Waals surface area contributed by atoms with Gasteiger partial charge >= 0.3 is 0 Å². The van der Waals surface area contributed by atoms with E-state index in [1.165, 1.54) is 22.3 Å². The first-order valence-electron chi connectivity index (χ1n) is 12.9. The van der Waals surface area contributed by atoms with Gasteiger partial charge in [0.2, 0.25) is 17.7 Å². The highest BCUT2D eigenvalue weighted by Gasteiger charge is 2.23. The number of hydroxylamine groups is 1. The molecule has 2 aromatic carbocycles. The van der Waals surface area contributed by atoms with Gasteiger partial charge in [0.1, 0.15) is 5.69 Å². The third kappa shape index (κ3) is 7.04. The van der Waals surface area contributed by atoms with Crippen molar-refractivity contribution in [2.75, 3.05) is 5.32 Å². The van der Waals surface area contributed by atoms with Crippen LogP contribution in [-0.2, 0) is 33.9 Å². The van der Waals surface area contributed by atoms with Gasteiger partial charge in [-0.15, -0.1) is 5.10 Å². The number of hydrogen-bond donors (Lipinski definition) is 4. The summed E-state index contributed by atoms with van der Waals surface area (Å²) in [6.45, 7) is 4.62. The molecule has 4 rings (SSSR count). The van der Waals surface area contributed by atoms with Gasteiger partial charge in [-0.1, -0.05) is 49.4 Å². The van der Waals surface area contributed by atoms with Gasteiger partial charge in [-0.05, 0) is 59.6 Å². The van der Waals surface area contributed by atoms with Gasteiger partial charge in [0.15, 0.2) is 0 Å². The van der Waals surface area contributed by atoms with Gasteiger partial charge in [-0.25, -0.2) is 5.48 Å². The number of fused-ring (bicyclic) bond motifs is 3. The highest BCUT2D eigenvalue weighted by atomic mass is 16.5. The Morgan fingerprint density at radius 1 is 1.05 bits per heavy atom. The van der Waals surface area contributed by atoms with Crippen molar-refractivity contribution in [3.8, 4) is 11.1 Å². The van der Waals surface area contributed by atoms with Gasteiger partial charge in [0.05, 0.1) is 12.7 Å². The molecule has 0 saturated heterocycles. The molecule has 1 aliphatic rings. The van der Waals surface area contributed by atoms with Crippen molar-refractivity contribution >= 4 is 23.4 Å². The fourth-order valence-corrected chi connectivity index (χ4v) is 4.82. The molecule has 0 bridgehead atoms. The lowest BCUT2D eigenvalue weighted by Gasteiger charge is -2.17. The van der Waals surface area contributed by atoms with Crippen molar-refractivity contribution in [3.63, 3.8) is 0 Å². The molecule has 38 heavy (non-hydrogen) atoms. The highest BCUT2D eigenvalue weighted by Crippen LogP contribution is 2.37. The van der Waals surface area contributed by atoms with Crippen molar-refractivity contribution in [2.24, 2.45) is 11.8 Å². The molecule has 0 radical (unpaired) electrons. The van der Waals surface area contributed by atoms with E-state index in [9.17, 15) is 14.4 Å². The largest absolute Gasteiger partial charge is 0.350 e. The van der Waals surface area contributed by atoms with E-state index in [4.69, 9.17) is 5.21 Å². The number of benzene rings is 2. The molecule has 0 fully saturated rings. The fraction of sp³-hybridized carbons (Fsp3) is 0.393. The van der Waals surface area contributed by atoms with Crippen molar-refractivity contribution in [1.29, 1.82) is 0 Å². The SMILES string of the molecule is CC(C)CC(CC(=O)NO)C(=O)NCc1cn(CCCC(=O)Nc2ccc3c(c2)Cc2ccccc2-3)nn1. The van der Waals surface area contributed by atoms with E-state index >= 15 is 0 Å². The highest BCUT2D eigenvalue weighted by molar-refractivity contribution is 5.91. The van der Waals surface area contributed by atoms with Crippen molar-refractivity contribution in [1.82, 2.24) is 25.8 Å². The maximum atomic E-state index is 12.6. The maximum Gasteiger partial charge on any atom is 0.244 e. The predicted molar refractivity (Wildman–Crippen MR) is 142 cm³/mol. The van der Waals surface area contributed by atoms with E-state index in [1.54, 1.807) is 16.4 Å². The zero-order chi connectivity index (χ0) is 27.1. The molecule has 1 heterocycles. The summed E-state index contributed by atoms with van der Waals surface area (Å²) < 4.78 is 1.65. The second-order valence-electron chi connectivity index (χ2n) is 10.1. The Kier molecular flexibility index (Phi) is 8.85. The molecule has 0 saturated carbocycles. The zero-order valence-electron chi connectivity index (χ0n) is 21.7. The van der Waals surface area contributed by atoms with Crippen molar-refractivity contribution in [3.05, 3.63) is 65.5 Å². The summed E-state index contributed by atoms with van der Waals surface area (Å²) in [5.74, 6) is -1.26. The zero-order valence-corrected chi connectivity index (χ0v) is 21.7. The van der Waals surface area contributed by atoms with Crippen molar-refractivity contribution in [2.45, 2.75) is 59.0 Å². The Hall–Kier alpha value is -4.05.